The Morgan fingerprint density at radius 1 is 0.550 bits per heavy atom. The van der Waals surface area contributed by atoms with Crippen LogP contribution < -0.4 is 19.9 Å². The first-order valence-corrected chi connectivity index (χ1v) is 18.4. The zero-order chi connectivity index (χ0) is 30.7. The van der Waals surface area contributed by atoms with Crippen molar-refractivity contribution in [3.8, 4) is 11.5 Å². The fourth-order valence-corrected chi connectivity index (χ4v) is 10.1. The lowest BCUT2D eigenvalue weighted by molar-refractivity contribution is -0.000285. The molecule has 0 aliphatic rings. The molecule has 1 aromatic rings. The molecule has 0 aliphatic heterocycles. The van der Waals surface area contributed by atoms with E-state index in [1.807, 2.05) is 83.1 Å². The van der Waals surface area contributed by atoms with Crippen molar-refractivity contribution in [2.24, 2.45) is 0 Å². The number of hydrogen-bond acceptors (Lipinski definition) is 8. The largest absolute Gasteiger partial charge is 0.538 e. The minimum atomic E-state index is -3.01. The Bertz CT molecular complexity index is 834. The van der Waals surface area contributed by atoms with Gasteiger partial charge in [0, 0.05) is 49.3 Å². The van der Waals surface area contributed by atoms with Gasteiger partial charge in [-0.3, -0.25) is 0 Å². The van der Waals surface area contributed by atoms with E-state index in [1.54, 1.807) is 12.1 Å². The quantitative estimate of drug-likeness (QED) is 0.145. The standard InChI is InChI=1S/C30H54O8Si2/c1-21(2)33-39(34-22(3)4,35-23(5)6)17-15-31-29-19-28(14)30(20-27(29)13)32-16-18-40(36-24(7)8,37-25(9)10)38-26(11)12/h13-14,19-26H,15-18H2,1-12H3. The molecule has 0 saturated carbocycles. The van der Waals surface area contributed by atoms with Gasteiger partial charge in [0.15, 0.2) is 5.75 Å². The van der Waals surface area contributed by atoms with Gasteiger partial charge in [-0.2, -0.15) is 0 Å². The molecule has 1 rings (SSSR count). The van der Waals surface area contributed by atoms with E-state index in [-0.39, 0.29) is 36.6 Å². The Morgan fingerprint density at radius 2 is 0.850 bits per heavy atom. The fraction of sp³-hybridized carbons (Fsp3) is 0.733. The third kappa shape index (κ3) is 13.6. The summed E-state index contributed by atoms with van der Waals surface area (Å²) >= 11 is 0. The average molecular weight is 599 g/mol. The van der Waals surface area contributed by atoms with Crippen molar-refractivity contribution >= 4 is 30.8 Å². The Hall–Kier alpha value is -1.34. The molecule has 0 atom stereocenters. The summed E-state index contributed by atoms with van der Waals surface area (Å²) in [5.74, 6) is 0.925. The summed E-state index contributed by atoms with van der Waals surface area (Å²) in [7, 11) is -6.01. The number of hydrogen-bond donors (Lipinski definition) is 0. The lowest BCUT2D eigenvalue weighted by atomic mass is 10.2. The molecule has 230 valence electrons. The average Bonchev–Trinajstić information content (AvgIpc) is 2.73. The van der Waals surface area contributed by atoms with Gasteiger partial charge in [0.2, 0.25) is 5.22 Å². The van der Waals surface area contributed by atoms with Crippen molar-refractivity contribution < 1.29 is 36.0 Å². The van der Waals surface area contributed by atoms with Gasteiger partial charge in [0.05, 0.1) is 24.4 Å². The molecule has 0 N–H and O–H groups in total. The molecule has 40 heavy (non-hydrogen) atoms. The number of ether oxygens (including phenoxy) is 2. The van der Waals surface area contributed by atoms with Gasteiger partial charge < -0.3 is 36.0 Å². The second kappa shape index (κ2) is 16.9. The summed E-state index contributed by atoms with van der Waals surface area (Å²) in [4.78, 5) is 0. The van der Waals surface area contributed by atoms with Crippen LogP contribution in [0.4, 0.5) is 0 Å². The molecule has 8 nitrogen and oxygen atoms in total. The molecule has 0 heterocycles. The summed E-state index contributed by atoms with van der Waals surface area (Å²) in [6.07, 6.45) is -0.300. The smallest absolute Gasteiger partial charge is 0.505 e. The van der Waals surface area contributed by atoms with Gasteiger partial charge >= 0.3 is 17.6 Å². The zero-order valence-corrected chi connectivity index (χ0v) is 28.9. The summed E-state index contributed by atoms with van der Waals surface area (Å²) in [5.41, 5.74) is 0. The molecule has 0 aromatic heterocycles. The van der Waals surface area contributed by atoms with Crippen LogP contribution >= 0.6 is 0 Å². The predicted molar refractivity (Wildman–Crippen MR) is 164 cm³/mol. The summed E-state index contributed by atoms with van der Waals surface area (Å²) in [6.45, 7) is 36.9. The SMILES string of the molecule is [CH+]=c1cc(OCC[Si](OC(C)C)(OC(C)C)OC(C)C)c(=[CH-])cc1OCC[Si](OC(C)C)(OC(C)C)OC(C)C. The molecule has 0 unspecified atom stereocenters. The van der Waals surface area contributed by atoms with Crippen LogP contribution in [0.1, 0.15) is 83.1 Å². The first kappa shape index (κ1) is 36.7. The van der Waals surface area contributed by atoms with Crippen LogP contribution in [0.5, 0.6) is 11.5 Å². The minimum Gasteiger partial charge on any atom is -0.538 e. The summed E-state index contributed by atoms with van der Waals surface area (Å²) in [5, 5.41) is 0.823. The van der Waals surface area contributed by atoms with E-state index >= 15 is 0 Å². The predicted octanol–water partition coefficient (Wildman–Crippen LogP) is 5.45. The molecule has 0 saturated heterocycles. The topological polar surface area (TPSA) is 73.8 Å². The number of rotatable bonds is 20. The van der Waals surface area contributed by atoms with Crippen molar-refractivity contribution in [2.75, 3.05) is 13.2 Å². The highest BCUT2D eigenvalue weighted by atomic mass is 28.4. The lowest BCUT2D eigenvalue weighted by Gasteiger charge is -2.34. The molecule has 0 radical (unpaired) electrons. The second-order valence-corrected chi connectivity index (χ2v) is 16.6. The third-order valence-corrected chi connectivity index (χ3v) is 11.6. The Balaban J connectivity index is 2.99. The molecular formula is C30H54O8Si2. The zero-order valence-electron chi connectivity index (χ0n) is 26.9. The first-order valence-electron chi connectivity index (χ1n) is 14.5. The van der Waals surface area contributed by atoms with Gasteiger partial charge in [0.25, 0.3) is 0 Å². The summed E-state index contributed by atoms with van der Waals surface area (Å²) < 4.78 is 49.4. The molecule has 0 fully saturated rings. The van der Waals surface area contributed by atoms with Gasteiger partial charge in [0.1, 0.15) is 6.61 Å². The second-order valence-electron chi connectivity index (χ2n) is 11.5. The highest BCUT2D eigenvalue weighted by Crippen LogP contribution is 2.24. The van der Waals surface area contributed by atoms with Gasteiger partial charge in [-0.05, 0) is 83.1 Å². The molecule has 0 aliphatic carbocycles. The Labute approximate surface area is 245 Å². The maximum atomic E-state index is 6.33. The van der Waals surface area contributed by atoms with E-state index in [4.69, 9.17) is 49.2 Å². The molecule has 0 amide bonds. The van der Waals surface area contributed by atoms with Crippen LogP contribution in [0.3, 0.4) is 0 Å². The van der Waals surface area contributed by atoms with Crippen molar-refractivity contribution in [2.45, 2.75) is 132 Å². The van der Waals surface area contributed by atoms with E-state index in [2.05, 4.69) is 0 Å². The highest BCUT2D eigenvalue weighted by Gasteiger charge is 2.45. The van der Waals surface area contributed by atoms with Crippen LogP contribution in [0.25, 0.3) is 13.2 Å². The van der Waals surface area contributed by atoms with Crippen LogP contribution in [0.15, 0.2) is 12.1 Å². The van der Waals surface area contributed by atoms with Gasteiger partial charge in [-0.15, -0.1) is 5.22 Å². The fourth-order valence-electron chi connectivity index (χ4n) is 4.09. The van der Waals surface area contributed by atoms with Crippen LogP contribution in [-0.2, 0) is 26.6 Å². The maximum Gasteiger partial charge on any atom is 0.505 e. The lowest BCUT2D eigenvalue weighted by Crippen LogP contribution is -2.51. The Morgan fingerprint density at radius 3 is 1.15 bits per heavy atom. The van der Waals surface area contributed by atoms with E-state index in [0.717, 1.165) is 0 Å². The van der Waals surface area contributed by atoms with Crippen molar-refractivity contribution in [3.05, 3.63) is 22.6 Å². The molecule has 1 aromatic carbocycles. The van der Waals surface area contributed by atoms with E-state index in [0.29, 0.717) is 47.2 Å². The highest BCUT2D eigenvalue weighted by molar-refractivity contribution is 6.61. The van der Waals surface area contributed by atoms with E-state index in [1.165, 1.54) is 0 Å². The van der Waals surface area contributed by atoms with Crippen molar-refractivity contribution in [1.82, 2.24) is 0 Å². The van der Waals surface area contributed by atoms with E-state index in [9.17, 15) is 0 Å². The van der Waals surface area contributed by atoms with Crippen LogP contribution in [0.2, 0.25) is 12.1 Å². The third-order valence-electron chi connectivity index (χ3n) is 4.97. The van der Waals surface area contributed by atoms with Gasteiger partial charge in [-0.1, -0.05) is 6.07 Å². The normalized spacial score (nSPS) is 13.0. The molecule has 10 heteroatoms. The molecular weight excluding hydrogens is 544 g/mol. The summed E-state index contributed by atoms with van der Waals surface area (Å²) in [6, 6.07) is 4.28. The monoisotopic (exact) mass is 598 g/mol. The van der Waals surface area contributed by atoms with Crippen LogP contribution in [-0.4, -0.2) is 67.4 Å². The van der Waals surface area contributed by atoms with Crippen LogP contribution in [0, 0.1) is 0 Å². The first-order chi connectivity index (χ1) is 18.5. The Kier molecular flexibility index (Phi) is 15.5. The maximum absolute atomic E-state index is 6.33. The van der Waals surface area contributed by atoms with E-state index < -0.39 is 17.6 Å². The number of benzene rings is 1. The van der Waals surface area contributed by atoms with Crippen molar-refractivity contribution in [1.29, 1.82) is 0 Å². The van der Waals surface area contributed by atoms with Gasteiger partial charge in [-0.25, -0.2) is 6.58 Å². The minimum absolute atomic E-state index is 0.0501. The molecule has 0 bridgehead atoms. The molecule has 0 spiro atoms. The van der Waals surface area contributed by atoms with Crippen molar-refractivity contribution in [3.63, 3.8) is 0 Å².